The van der Waals surface area contributed by atoms with Crippen LogP contribution in [-0.2, 0) is 9.59 Å². The zero-order valence-electron chi connectivity index (χ0n) is 9.95. The fourth-order valence-electron chi connectivity index (χ4n) is 2.61. The Morgan fingerprint density at radius 1 is 0.875 bits per heavy atom. The number of rotatable bonds is 2. The van der Waals surface area contributed by atoms with Crippen LogP contribution in [0, 0.1) is 10.8 Å². The highest BCUT2D eigenvalue weighted by Gasteiger charge is 2.45. The predicted octanol–water partition coefficient (Wildman–Crippen LogP) is 2.52. The van der Waals surface area contributed by atoms with E-state index in [1.54, 1.807) is 13.8 Å². The van der Waals surface area contributed by atoms with Gasteiger partial charge in [-0.1, -0.05) is 19.3 Å². The highest BCUT2D eigenvalue weighted by Crippen LogP contribution is 2.43. The molecule has 1 aliphatic rings. The maximum absolute atomic E-state index is 11.3. The van der Waals surface area contributed by atoms with Crippen LogP contribution >= 0.6 is 0 Å². The fourth-order valence-corrected chi connectivity index (χ4v) is 2.61. The lowest BCUT2D eigenvalue weighted by Gasteiger charge is -2.36. The molecule has 4 heteroatoms. The van der Waals surface area contributed by atoms with Crippen molar-refractivity contribution in [2.45, 2.75) is 52.4 Å². The monoisotopic (exact) mass is 228 g/mol. The standard InChI is InChI=1S/C12H20O4/c1-11(9(13)14)6-4-3-5-7-12(2,8-11)10(15)16/h3-8H2,1-2H3,(H,13,14)(H,15,16). The van der Waals surface area contributed by atoms with Gasteiger partial charge in [-0.25, -0.2) is 0 Å². The summed E-state index contributed by atoms with van der Waals surface area (Å²) in [6.07, 6.45) is 4.05. The molecular weight excluding hydrogens is 208 g/mol. The molecule has 0 heterocycles. The van der Waals surface area contributed by atoms with E-state index in [1.807, 2.05) is 0 Å². The number of carboxylic acids is 2. The second kappa shape index (κ2) is 4.44. The van der Waals surface area contributed by atoms with E-state index in [-0.39, 0.29) is 6.42 Å². The van der Waals surface area contributed by atoms with Crippen LogP contribution in [0.4, 0.5) is 0 Å². The average Bonchev–Trinajstić information content (AvgIpc) is 2.13. The van der Waals surface area contributed by atoms with E-state index < -0.39 is 22.8 Å². The number of carboxylic acid groups (broad SMARTS) is 2. The van der Waals surface area contributed by atoms with E-state index in [4.69, 9.17) is 0 Å². The SMILES string of the molecule is CC1(C(=O)O)CCCCCC(C)(C(=O)O)C1. The lowest BCUT2D eigenvalue weighted by Crippen LogP contribution is -2.39. The predicted molar refractivity (Wildman–Crippen MR) is 59.2 cm³/mol. The van der Waals surface area contributed by atoms with Gasteiger partial charge in [0.2, 0.25) is 0 Å². The molecule has 0 spiro atoms. The lowest BCUT2D eigenvalue weighted by molar-refractivity contribution is -0.158. The third-order valence-corrected chi connectivity index (χ3v) is 3.77. The molecule has 0 aromatic rings. The average molecular weight is 228 g/mol. The van der Waals surface area contributed by atoms with Gasteiger partial charge in [0, 0.05) is 0 Å². The van der Waals surface area contributed by atoms with Crippen LogP contribution in [0.5, 0.6) is 0 Å². The molecule has 0 bridgehead atoms. The van der Waals surface area contributed by atoms with Gasteiger partial charge in [0.25, 0.3) is 0 Å². The molecule has 2 N–H and O–H groups in total. The minimum absolute atomic E-state index is 0.227. The summed E-state index contributed by atoms with van der Waals surface area (Å²) in [5, 5.41) is 18.5. The summed E-state index contributed by atoms with van der Waals surface area (Å²) in [5.74, 6) is -1.75. The summed E-state index contributed by atoms with van der Waals surface area (Å²) in [6.45, 7) is 3.34. The molecule has 1 rings (SSSR count). The highest BCUT2D eigenvalue weighted by molar-refractivity contribution is 5.78. The Kier molecular flexibility index (Phi) is 3.61. The van der Waals surface area contributed by atoms with Crippen LogP contribution < -0.4 is 0 Å². The Bertz CT molecular complexity index is 271. The Morgan fingerprint density at radius 2 is 1.25 bits per heavy atom. The third kappa shape index (κ3) is 2.54. The van der Waals surface area contributed by atoms with Crippen molar-refractivity contribution in [3.63, 3.8) is 0 Å². The summed E-state index contributed by atoms with van der Waals surface area (Å²) < 4.78 is 0. The van der Waals surface area contributed by atoms with Crippen molar-refractivity contribution in [1.82, 2.24) is 0 Å². The van der Waals surface area contributed by atoms with Gasteiger partial charge in [-0.15, -0.1) is 0 Å². The minimum Gasteiger partial charge on any atom is -0.481 e. The first-order valence-corrected chi connectivity index (χ1v) is 5.77. The molecule has 1 aliphatic carbocycles. The molecule has 0 aromatic carbocycles. The highest BCUT2D eigenvalue weighted by atomic mass is 16.4. The van der Waals surface area contributed by atoms with E-state index in [0.717, 1.165) is 19.3 Å². The summed E-state index contributed by atoms with van der Waals surface area (Å²) in [4.78, 5) is 22.5. The Labute approximate surface area is 95.7 Å². The molecule has 0 aromatic heterocycles. The van der Waals surface area contributed by atoms with Crippen LogP contribution in [0.1, 0.15) is 52.4 Å². The van der Waals surface area contributed by atoms with Crippen LogP contribution in [-0.4, -0.2) is 22.2 Å². The van der Waals surface area contributed by atoms with E-state index in [2.05, 4.69) is 0 Å². The van der Waals surface area contributed by atoms with Gasteiger partial charge >= 0.3 is 11.9 Å². The zero-order valence-corrected chi connectivity index (χ0v) is 9.95. The lowest BCUT2D eigenvalue weighted by atomic mass is 9.67. The first-order chi connectivity index (χ1) is 7.30. The number of carbonyl (C=O) groups is 2. The summed E-state index contributed by atoms with van der Waals surface area (Å²) in [7, 11) is 0. The minimum atomic E-state index is -0.895. The van der Waals surface area contributed by atoms with Crippen molar-refractivity contribution < 1.29 is 19.8 Å². The van der Waals surface area contributed by atoms with Crippen LogP contribution in [0.15, 0.2) is 0 Å². The molecule has 16 heavy (non-hydrogen) atoms. The molecular formula is C12H20O4. The Balaban J connectivity index is 2.96. The largest absolute Gasteiger partial charge is 0.481 e. The van der Waals surface area contributed by atoms with E-state index in [1.165, 1.54) is 0 Å². The molecule has 2 unspecified atom stereocenters. The van der Waals surface area contributed by atoms with E-state index in [9.17, 15) is 19.8 Å². The van der Waals surface area contributed by atoms with Crippen molar-refractivity contribution >= 4 is 11.9 Å². The topological polar surface area (TPSA) is 74.6 Å². The number of aliphatic carboxylic acids is 2. The van der Waals surface area contributed by atoms with Gasteiger partial charge in [-0.05, 0) is 33.1 Å². The van der Waals surface area contributed by atoms with E-state index >= 15 is 0 Å². The molecule has 0 radical (unpaired) electrons. The molecule has 0 saturated heterocycles. The Morgan fingerprint density at radius 3 is 1.56 bits per heavy atom. The zero-order chi connectivity index (χ0) is 12.4. The van der Waals surface area contributed by atoms with Gasteiger partial charge in [0.15, 0.2) is 0 Å². The van der Waals surface area contributed by atoms with Crippen molar-refractivity contribution in [2.75, 3.05) is 0 Å². The third-order valence-electron chi connectivity index (χ3n) is 3.77. The maximum atomic E-state index is 11.3. The molecule has 1 fully saturated rings. The van der Waals surface area contributed by atoms with Gasteiger partial charge in [0.1, 0.15) is 0 Å². The molecule has 1 saturated carbocycles. The molecule has 0 amide bonds. The number of hydrogen-bond acceptors (Lipinski definition) is 2. The summed E-state index contributed by atoms with van der Waals surface area (Å²) in [5.41, 5.74) is -1.79. The van der Waals surface area contributed by atoms with Crippen LogP contribution in [0.25, 0.3) is 0 Å². The second-order valence-electron chi connectivity index (χ2n) is 5.47. The van der Waals surface area contributed by atoms with E-state index in [0.29, 0.717) is 12.8 Å². The number of hydrogen-bond donors (Lipinski definition) is 2. The molecule has 92 valence electrons. The van der Waals surface area contributed by atoms with Gasteiger partial charge in [-0.3, -0.25) is 9.59 Å². The molecule has 4 nitrogen and oxygen atoms in total. The first-order valence-electron chi connectivity index (χ1n) is 5.77. The van der Waals surface area contributed by atoms with Crippen molar-refractivity contribution in [1.29, 1.82) is 0 Å². The fraction of sp³-hybridized carbons (Fsp3) is 0.833. The van der Waals surface area contributed by atoms with Crippen LogP contribution in [0.2, 0.25) is 0 Å². The van der Waals surface area contributed by atoms with Gasteiger partial charge in [0.05, 0.1) is 10.8 Å². The maximum Gasteiger partial charge on any atom is 0.309 e. The summed E-state index contributed by atoms with van der Waals surface area (Å²) >= 11 is 0. The normalized spacial score (nSPS) is 36.1. The second-order valence-corrected chi connectivity index (χ2v) is 5.47. The van der Waals surface area contributed by atoms with Gasteiger partial charge < -0.3 is 10.2 Å². The van der Waals surface area contributed by atoms with Crippen molar-refractivity contribution in [3.8, 4) is 0 Å². The summed E-state index contributed by atoms with van der Waals surface area (Å²) in [6, 6.07) is 0. The van der Waals surface area contributed by atoms with Crippen molar-refractivity contribution in [2.24, 2.45) is 10.8 Å². The van der Waals surface area contributed by atoms with Gasteiger partial charge in [-0.2, -0.15) is 0 Å². The molecule has 0 aliphatic heterocycles. The van der Waals surface area contributed by atoms with Crippen molar-refractivity contribution in [3.05, 3.63) is 0 Å². The smallest absolute Gasteiger partial charge is 0.309 e. The Hall–Kier alpha value is -1.06. The van der Waals surface area contributed by atoms with Crippen LogP contribution in [0.3, 0.4) is 0 Å². The molecule has 2 atom stereocenters. The quantitative estimate of drug-likeness (QED) is 0.761. The first kappa shape index (κ1) is 13.0.